The van der Waals surface area contributed by atoms with E-state index in [0.717, 1.165) is 5.69 Å². The Morgan fingerprint density at radius 2 is 2.15 bits per heavy atom. The lowest BCUT2D eigenvalue weighted by atomic mass is 10.2. The lowest BCUT2D eigenvalue weighted by molar-refractivity contribution is -0.133. The minimum Gasteiger partial charge on any atom is -0.481 e. The van der Waals surface area contributed by atoms with E-state index >= 15 is 0 Å². The fraction of sp³-hybridized carbons (Fsp3) is 0.583. The molecule has 0 aliphatic rings. The Balaban J connectivity index is 2.56. The second kappa shape index (κ2) is 6.65. The van der Waals surface area contributed by atoms with E-state index < -0.39 is 17.7 Å². The van der Waals surface area contributed by atoms with Crippen LogP contribution in [0.25, 0.3) is 0 Å². The number of anilines is 1. The summed E-state index contributed by atoms with van der Waals surface area (Å²) in [7, 11) is 0. The van der Waals surface area contributed by atoms with Crippen molar-refractivity contribution in [2.45, 2.75) is 39.2 Å². The Bertz CT molecular complexity index is 493. The van der Waals surface area contributed by atoms with Gasteiger partial charge in [0, 0.05) is 11.8 Å². The lowest BCUT2D eigenvalue weighted by Crippen LogP contribution is -2.27. The molecule has 0 radical (unpaired) electrons. The predicted octanol–water partition coefficient (Wildman–Crippen LogP) is 2.31. The third-order valence-electron chi connectivity index (χ3n) is 2.05. The van der Waals surface area contributed by atoms with Crippen LogP contribution >= 0.6 is 11.8 Å². The van der Waals surface area contributed by atoms with Gasteiger partial charge in [-0.05, 0) is 27.7 Å². The molecule has 1 amide bonds. The molecule has 1 heterocycles. The summed E-state index contributed by atoms with van der Waals surface area (Å²) in [5, 5.41) is 15.3. The Morgan fingerprint density at radius 1 is 1.50 bits per heavy atom. The second-order valence-electron chi connectivity index (χ2n) is 5.17. The monoisotopic (exact) mass is 301 g/mol. The normalized spacial score (nSPS) is 11.2. The van der Waals surface area contributed by atoms with Crippen LogP contribution in [0.3, 0.4) is 0 Å². The molecule has 1 aromatic rings. The number of rotatable bonds is 5. The van der Waals surface area contributed by atoms with E-state index in [4.69, 9.17) is 9.84 Å². The van der Waals surface area contributed by atoms with Gasteiger partial charge in [0.25, 0.3) is 0 Å². The SMILES string of the molecule is Cc1cc(NC(=O)OC(C)(C)C)nn1CSCC(=O)O. The van der Waals surface area contributed by atoms with E-state index in [1.165, 1.54) is 11.8 Å². The average molecular weight is 301 g/mol. The van der Waals surface area contributed by atoms with Gasteiger partial charge in [-0.3, -0.25) is 14.8 Å². The number of nitrogens with zero attached hydrogens (tertiary/aromatic N) is 2. The van der Waals surface area contributed by atoms with Crippen LogP contribution in [-0.2, 0) is 15.4 Å². The summed E-state index contributed by atoms with van der Waals surface area (Å²) < 4.78 is 6.75. The Hall–Kier alpha value is -1.70. The number of nitrogens with one attached hydrogen (secondary N) is 1. The maximum absolute atomic E-state index is 11.6. The van der Waals surface area contributed by atoms with Crippen LogP contribution in [0.2, 0.25) is 0 Å². The molecule has 0 bridgehead atoms. The molecule has 0 saturated carbocycles. The molecule has 0 aromatic carbocycles. The molecule has 0 unspecified atom stereocenters. The van der Waals surface area contributed by atoms with Crippen LogP contribution in [0.1, 0.15) is 26.5 Å². The smallest absolute Gasteiger partial charge is 0.413 e. The van der Waals surface area contributed by atoms with E-state index in [1.54, 1.807) is 31.5 Å². The predicted molar refractivity (Wildman–Crippen MR) is 76.9 cm³/mol. The molecule has 20 heavy (non-hydrogen) atoms. The number of amides is 1. The summed E-state index contributed by atoms with van der Waals surface area (Å²) in [6.45, 7) is 7.16. The second-order valence-corrected chi connectivity index (χ2v) is 6.12. The van der Waals surface area contributed by atoms with E-state index in [-0.39, 0.29) is 5.75 Å². The first kappa shape index (κ1) is 16.4. The summed E-state index contributed by atoms with van der Waals surface area (Å²) in [5.74, 6) is -0.0676. The van der Waals surface area contributed by atoms with Crippen LogP contribution in [0.15, 0.2) is 6.07 Å². The van der Waals surface area contributed by atoms with Gasteiger partial charge in [0.05, 0.1) is 11.6 Å². The molecule has 1 aromatic heterocycles. The first-order chi connectivity index (χ1) is 9.17. The fourth-order valence-corrected chi connectivity index (χ4v) is 2.03. The molecule has 0 spiro atoms. The summed E-state index contributed by atoms with van der Waals surface area (Å²) in [4.78, 5) is 22.0. The number of aliphatic carboxylic acids is 1. The molecule has 1 rings (SSSR count). The van der Waals surface area contributed by atoms with Gasteiger partial charge in [0.1, 0.15) is 5.60 Å². The Labute approximate surface area is 121 Å². The number of thioether (sulfide) groups is 1. The van der Waals surface area contributed by atoms with Gasteiger partial charge in [0.2, 0.25) is 0 Å². The van der Waals surface area contributed by atoms with Crippen LogP contribution in [-0.4, -0.2) is 38.3 Å². The number of aromatic nitrogens is 2. The van der Waals surface area contributed by atoms with Gasteiger partial charge in [-0.25, -0.2) is 4.79 Å². The number of hydrogen-bond donors (Lipinski definition) is 2. The highest BCUT2D eigenvalue weighted by Crippen LogP contribution is 2.14. The number of aryl methyl sites for hydroxylation is 1. The van der Waals surface area contributed by atoms with Crippen LogP contribution in [0.5, 0.6) is 0 Å². The van der Waals surface area contributed by atoms with Crippen molar-refractivity contribution in [1.82, 2.24) is 9.78 Å². The lowest BCUT2D eigenvalue weighted by Gasteiger charge is -2.19. The van der Waals surface area contributed by atoms with Gasteiger partial charge in [0.15, 0.2) is 5.82 Å². The number of carboxylic acid groups (broad SMARTS) is 1. The minimum atomic E-state index is -0.869. The maximum Gasteiger partial charge on any atom is 0.413 e. The van der Waals surface area contributed by atoms with Gasteiger partial charge in [-0.1, -0.05) is 0 Å². The van der Waals surface area contributed by atoms with Gasteiger partial charge in [-0.15, -0.1) is 11.8 Å². The van der Waals surface area contributed by atoms with E-state index in [1.807, 2.05) is 6.92 Å². The molecule has 0 fully saturated rings. The third-order valence-corrected chi connectivity index (χ3v) is 2.93. The van der Waals surface area contributed by atoms with Crippen LogP contribution in [0, 0.1) is 6.92 Å². The number of carbonyl (C=O) groups excluding carboxylic acids is 1. The standard InChI is InChI=1S/C12H19N3O4S/c1-8-5-9(13-11(18)19-12(2,3)4)14-15(8)7-20-6-10(16)17/h5H,6-7H2,1-4H3,(H,16,17)(H,13,14,18). The Morgan fingerprint density at radius 3 is 2.70 bits per heavy atom. The largest absolute Gasteiger partial charge is 0.481 e. The average Bonchev–Trinajstić information content (AvgIpc) is 2.55. The zero-order chi connectivity index (χ0) is 15.3. The molecule has 8 heteroatoms. The zero-order valence-corrected chi connectivity index (χ0v) is 12.8. The maximum atomic E-state index is 11.6. The number of hydrogen-bond acceptors (Lipinski definition) is 5. The van der Waals surface area contributed by atoms with Gasteiger partial charge in [-0.2, -0.15) is 5.10 Å². The van der Waals surface area contributed by atoms with E-state index in [2.05, 4.69) is 10.4 Å². The van der Waals surface area contributed by atoms with Crippen molar-refractivity contribution in [3.05, 3.63) is 11.8 Å². The summed E-state index contributed by atoms with van der Waals surface area (Å²) >= 11 is 1.23. The number of carbonyl (C=O) groups is 2. The van der Waals surface area contributed by atoms with Crippen molar-refractivity contribution in [2.75, 3.05) is 11.1 Å². The van der Waals surface area contributed by atoms with Crippen LogP contribution < -0.4 is 5.32 Å². The van der Waals surface area contributed by atoms with Crippen molar-refractivity contribution in [2.24, 2.45) is 0 Å². The number of carboxylic acids is 1. The van der Waals surface area contributed by atoms with Crippen LogP contribution in [0.4, 0.5) is 10.6 Å². The molecule has 0 saturated heterocycles. The van der Waals surface area contributed by atoms with E-state index in [9.17, 15) is 9.59 Å². The molecule has 7 nitrogen and oxygen atoms in total. The van der Waals surface area contributed by atoms with Crippen molar-refractivity contribution in [3.63, 3.8) is 0 Å². The van der Waals surface area contributed by atoms with Crippen molar-refractivity contribution in [3.8, 4) is 0 Å². The molecule has 2 N–H and O–H groups in total. The van der Waals surface area contributed by atoms with Crippen molar-refractivity contribution in [1.29, 1.82) is 0 Å². The minimum absolute atomic E-state index is 0.00806. The molecule has 0 atom stereocenters. The zero-order valence-electron chi connectivity index (χ0n) is 12.0. The topological polar surface area (TPSA) is 93.5 Å². The summed E-state index contributed by atoms with van der Waals surface area (Å²) in [6.07, 6.45) is -0.569. The van der Waals surface area contributed by atoms with Gasteiger partial charge < -0.3 is 9.84 Å². The molecule has 0 aliphatic carbocycles. The highest BCUT2D eigenvalue weighted by Gasteiger charge is 2.17. The van der Waals surface area contributed by atoms with E-state index in [0.29, 0.717) is 11.7 Å². The first-order valence-electron chi connectivity index (χ1n) is 6.01. The quantitative estimate of drug-likeness (QED) is 0.867. The molecule has 112 valence electrons. The third kappa shape index (κ3) is 5.96. The number of ether oxygens (including phenoxy) is 1. The molecular weight excluding hydrogens is 282 g/mol. The van der Waals surface area contributed by atoms with Gasteiger partial charge >= 0.3 is 12.1 Å². The summed E-state index contributed by atoms with van der Waals surface area (Å²) in [6, 6.07) is 1.70. The van der Waals surface area contributed by atoms with Crippen molar-refractivity contribution < 1.29 is 19.4 Å². The highest BCUT2D eigenvalue weighted by atomic mass is 32.2. The highest BCUT2D eigenvalue weighted by molar-refractivity contribution is 7.98. The molecular formula is C12H19N3O4S. The fourth-order valence-electron chi connectivity index (χ4n) is 1.33. The first-order valence-corrected chi connectivity index (χ1v) is 7.17. The Kier molecular flexibility index (Phi) is 5.43. The van der Waals surface area contributed by atoms with Crippen molar-refractivity contribution >= 4 is 29.6 Å². The molecule has 0 aliphatic heterocycles. The summed E-state index contributed by atoms with van der Waals surface area (Å²) in [5.41, 5.74) is 0.257.